The van der Waals surface area contributed by atoms with Gasteiger partial charge in [-0.2, -0.15) is 0 Å². The van der Waals surface area contributed by atoms with Gasteiger partial charge in [0.2, 0.25) is 0 Å². The molecule has 0 bridgehead atoms. The summed E-state index contributed by atoms with van der Waals surface area (Å²) < 4.78 is 0. The molecule has 4 heteroatoms. The lowest BCUT2D eigenvalue weighted by Crippen LogP contribution is -2.26. The van der Waals surface area contributed by atoms with Crippen molar-refractivity contribution in [3.8, 4) is 0 Å². The number of aryl methyl sites for hydroxylation is 2. The number of carbonyl (C=O) groups is 1. The monoisotopic (exact) mass is 395 g/mol. The summed E-state index contributed by atoms with van der Waals surface area (Å²) in [6.07, 6.45) is 1.78. The van der Waals surface area contributed by atoms with E-state index in [0.29, 0.717) is 6.54 Å². The van der Waals surface area contributed by atoms with Crippen LogP contribution in [-0.2, 0) is 12.8 Å². The van der Waals surface area contributed by atoms with Crippen LogP contribution in [0.4, 0.5) is 0 Å². The van der Waals surface area contributed by atoms with Crippen molar-refractivity contribution in [1.82, 2.24) is 5.32 Å². The molecule has 2 nitrogen and oxygen atoms in total. The first kappa shape index (κ1) is 19.5. The number of thioether (sulfide) groups is 1. The third-order valence-electron chi connectivity index (χ3n) is 4.26. The van der Waals surface area contributed by atoms with E-state index in [0.717, 1.165) is 39.6 Å². The van der Waals surface area contributed by atoms with Crippen molar-refractivity contribution in [2.24, 2.45) is 0 Å². The zero-order valence-electron chi connectivity index (χ0n) is 15.0. The lowest BCUT2D eigenvalue weighted by Gasteiger charge is -2.10. The molecule has 0 fully saturated rings. The number of benzene rings is 3. The molecule has 138 valence electrons. The van der Waals surface area contributed by atoms with E-state index in [4.69, 9.17) is 11.6 Å². The van der Waals surface area contributed by atoms with Crippen LogP contribution in [-0.4, -0.2) is 18.2 Å². The second kappa shape index (κ2) is 10.2. The third kappa shape index (κ3) is 6.16. The van der Waals surface area contributed by atoms with Gasteiger partial charge in [0, 0.05) is 27.8 Å². The van der Waals surface area contributed by atoms with Crippen molar-refractivity contribution in [2.45, 2.75) is 17.7 Å². The van der Waals surface area contributed by atoms with E-state index in [1.807, 2.05) is 66.7 Å². The molecule has 0 saturated heterocycles. The van der Waals surface area contributed by atoms with Crippen LogP contribution >= 0.6 is 23.4 Å². The molecule has 0 aliphatic carbocycles. The molecule has 0 unspecified atom stereocenters. The molecule has 3 rings (SSSR count). The summed E-state index contributed by atoms with van der Waals surface area (Å²) in [5.41, 5.74) is 3.14. The first-order chi connectivity index (χ1) is 13.2. The van der Waals surface area contributed by atoms with Crippen LogP contribution in [0.2, 0.25) is 5.02 Å². The number of halogens is 1. The molecular formula is C23H22ClNOS. The molecule has 27 heavy (non-hydrogen) atoms. The Kier molecular flexibility index (Phi) is 7.37. The minimum atomic E-state index is -0.00429. The van der Waals surface area contributed by atoms with Gasteiger partial charge in [-0.05, 0) is 54.3 Å². The Balaban J connectivity index is 1.51. The van der Waals surface area contributed by atoms with Crippen LogP contribution in [0.3, 0.4) is 0 Å². The first-order valence-electron chi connectivity index (χ1n) is 9.01. The Bertz CT molecular complexity index is 865. The van der Waals surface area contributed by atoms with Crippen LogP contribution in [0.15, 0.2) is 83.8 Å². The standard InChI is InChI=1S/C23H22ClNOS/c24-20-12-14-21(15-13-20)27-17-16-25-23(26)22-9-5-4-8-19(22)11-10-18-6-2-1-3-7-18/h1-9,12-15H,10-11,16-17H2,(H,25,26). The molecule has 0 spiro atoms. The first-order valence-corrected chi connectivity index (χ1v) is 10.4. The molecule has 0 saturated carbocycles. The minimum absolute atomic E-state index is 0.00429. The van der Waals surface area contributed by atoms with Crippen LogP contribution in [0.1, 0.15) is 21.5 Å². The molecule has 0 aliphatic rings. The summed E-state index contributed by atoms with van der Waals surface area (Å²) >= 11 is 7.60. The average molecular weight is 396 g/mol. The van der Waals surface area contributed by atoms with Crippen molar-refractivity contribution >= 4 is 29.3 Å². The maximum absolute atomic E-state index is 12.6. The largest absolute Gasteiger partial charge is 0.351 e. The second-order valence-electron chi connectivity index (χ2n) is 6.20. The number of rotatable bonds is 8. The lowest BCUT2D eigenvalue weighted by atomic mass is 9.99. The zero-order chi connectivity index (χ0) is 18.9. The van der Waals surface area contributed by atoms with Crippen molar-refractivity contribution in [3.05, 3.63) is 101 Å². The SMILES string of the molecule is O=C(NCCSc1ccc(Cl)cc1)c1ccccc1CCc1ccccc1. The Morgan fingerprint density at radius 3 is 2.33 bits per heavy atom. The summed E-state index contributed by atoms with van der Waals surface area (Å²) in [7, 11) is 0. The molecule has 0 aromatic heterocycles. The lowest BCUT2D eigenvalue weighted by molar-refractivity contribution is 0.0955. The molecule has 1 N–H and O–H groups in total. The average Bonchev–Trinajstić information content (AvgIpc) is 2.72. The predicted octanol–water partition coefficient (Wildman–Crippen LogP) is 5.65. The molecule has 0 radical (unpaired) electrons. The van der Waals surface area contributed by atoms with Gasteiger partial charge in [0.25, 0.3) is 5.91 Å². The van der Waals surface area contributed by atoms with Gasteiger partial charge in [0.05, 0.1) is 0 Å². The van der Waals surface area contributed by atoms with E-state index in [-0.39, 0.29) is 5.91 Å². The van der Waals surface area contributed by atoms with Gasteiger partial charge < -0.3 is 5.32 Å². The Labute approximate surface area is 170 Å². The fourth-order valence-electron chi connectivity index (χ4n) is 2.84. The summed E-state index contributed by atoms with van der Waals surface area (Å²) in [5.74, 6) is 0.815. The molecule has 0 aliphatic heterocycles. The fourth-order valence-corrected chi connectivity index (χ4v) is 3.74. The third-order valence-corrected chi connectivity index (χ3v) is 5.52. The molecule has 0 heterocycles. The van der Waals surface area contributed by atoms with E-state index in [1.165, 1.54) is 5.56 Å². The van der Waals surface area contributed by atoms with Gasteiger partial charge in [-0.1, -0.05) is 60.1 Å². The second-order valence-corrected chi connectivity index (χ2v) is 7.81. The van der Waals surface area contributed by atoms with E-state index >= 15 is 0 Å². The highest BCUT2D eigenvalue weighted by Gasteiger charge is 2.10. The van der Waals surface area contributed by atoms with E-state index < -0.39 is 0 Å². The minimum Gasteiger partial charge on any atom is -0.351 e. The van der Waals surface area contributed by atoms with Crippen molar-refractivity contribution in [2.75, 3.05) is 12.3 Å². The number of hydrogen-bond donors (Lipinski definition) is 1. The van der Waals surface area contributed by atoms with Crippen LogP contribution < -0.4 is 5.32 Å². The summed E-state index contributed by atoms with van der Waals surface area (Å²) in [4.78, 5) is 13.7. The summed E-state index contributed by atoms with van der Waals surface area (Å²) in [5, 5.41) is 3.77. The van der Waals surface area contributed by atoms with Gasteiger partial charge in [0.1, 0.15) is 0 Å². The zero-order valence-corrected chi connectivity index (χ0v) is 16.6. The number of hydrogen-bond acceptors (Lipinski definition) is 2. The summed E-state index contributed by atoms with van der Waals surface area (Å²) in [6, 6.07) is 26.0. The normalized spacial score (nSPS) is 10.6. The van der Waals surface area contributed by atoms with Crippen molar-refractivity contribution < 1.29 is 4.79 Å². The molecule has 3 aromatic rings. The maximum atomic E-state index is 12.6. The van der Waals surface area contributed by atoms with Gasteiger partial charge >= 0.3 is 0 Å². The van der Waals surface area contributed by atoms with Crippen LogP contribution in [0, 0.1) is 0 Å². The quantitative estimate of drug-likeness (QED) is 0.394. The highest BCUT2D eigenvalue weighted by atomic mass is 35.5. The van der Waals surface area contributed by atoms with E-state index in [9.17, 15) is 4.79 Å². The highest BCUT2D eigenvalue weighted by molar-refractivity contribution is 7.99. The van der Waals surface area contributed by atoms with Crippen LogP contribution in [0.25, 0.3) is 0 Å². The van der Waals surface area contributed by atoms with Gasteiger partial charge in [-0.15, -0.1) is 11.8 Å². The predicted molar refractivity (Wildman–Crippen MR) is 115 cm³/mol. The van der Waals surface area contributed by atoms with Crippen molar-refractivity contribution in [1.29, 1.82) is 0 Å². The number of carbonyl (C=O) groups excluding carboxylic acids is 1. The Morgan fingerprint density at radius 1 is 0.852 bits per heavy atom. The van der Waals surface area contributed by atoms with Gasteiger partial charge in [-0.3, -0.25) is 4.79 Å². The van der Waals surface area contributed by atoms with Crippen molar-refractivity contribution in [3.63, 3.8) is 0 Å². The Morgan fingerprint density at radius 2 is 1.56 bits per heavy atom. The van der Waals surface area contributed by atoms with Gasteiger partial charge in [-0.25, -0.2) is 0 Å². The fraction of sp³-hybridized carbons (Fsp3) is 0.174. The highest BCUT2D eigenvalue weighted by Crippen LogP contribution is 2.20. The topological polar surface area (TPSA) is 29.1 Å². The summed E-state index contributed by atoms with van der Waals surface area (Å²) in [6.45, 7) is 0.624. The van der Waals surface area contributed by atoms with Gasteiger partial charge in [0.15, 0.2) is 0 Å². The molecular weight excluding hydrogens is 374 g/mol. The van der Waals surface area contributed by atoms with Crippen LogP contribution in [0.5, 0.6) is 0 Å². The smallest absolute Gasteiger partial charge is 0.251 e. The van der Waals surface area contributed by atoms with E-state index in [1.54, 1.807) is 11.8 Å². The maximum Gasteiger partial charge on any atom is 0.251 e. The Hall–Kier alpha value is -2.23. The number of nitrogens with one attached hydrogen (secondary N) is 1. The molecule has 0 atom stereocenters. The van der Waals surface area contributed by atoms with E-state index in [2.05, 4.69) is 17.4 Å². The molecule has 3 aromatic carbocycles. The number of amides is 1. The molecule has 1 amide bonds.